The summed E-state index contributed by atoms with van der Waals surface area (Å²) in [6.45, 7) is 0. The van der Waals surface area contributed by atoms with Crippen molar-refractivity contribution >= 4 is 46.7 Å². The first-order valence-electron chi connectivity index (χ1n) is 7.87. The fourth-order valence-electron chi connectivity index (χ4n) is 2.26. The van der Waals surface area contributed by atoms with Gasteiger partial charge in [0.15, 0.2) is 5.82 Å². The van der Waals surface area contributed by atoms with Crippen LogP contribution in [-0.2, 0) is 4.79 Å². The minimum atomic E-state index is -2.57. The molecule has 0 aliphatic rings. The van der Waals surface area contributed by atoms with Gasteiger partial charge in [0.25, 0.3) is 5.76 Å². The fraction of sp³-hybridized carbons (Fsp3) is 0.118. The van der Waals surface area contributed by atoms with Gasteiger partial charge in [-0.25, -0.2) is 4.68 Å². The standard InChI is InChI=1S/C17H14ClF2N5OS2/c18-11-7-5-10(6-8-11)15-23-24-17(25(15)21)27-9-14(26)22-12-3-1-2-4-13(12)28-16(19)20/h1-8,16H,9,21H2,(H,22,26). The molecule has 3 aromatic rings. The van der Waals surface area contributed by atoms with Crippen molar-refractivity contribution in [3.63, 3.8) is 0 Å². The van der Waals surface area contributed by atoms with Crippen molar-refractivity contribution in [3.05, 3.63) is 53.6 Å². The van der Waals surface area contributed by atoms with Gasteiger partial charge < -0.3 is 11.2 Å². The average Bonchev–Trinajstić information content (AvgIpc) is 3.02. The molecular formula is C17H14ClF2N5OS2. The Morgan fingerprint density at radius 3 is 2.61 bits per heavy atom. The third-order valence-corrected chi connectivity index (χ3v) is 5.46. The minimum Gasteiger partial charge on any atom is -0.335 e. The van der Waals surface area contributed by atoms with Crippen molar-refractivity contribution < 1.29 is 13.6 Å². The second kappa shape index (κ2) is 9.26. The number of nitrogens with one attached hydrogen (secondary N) is 1. The first-order valence-corrected chi connectivity index (χ1v) is 10.1. The first-order chi connectivity index (χ1) is 13.4. The van der Waals surface area contributed by atoms with E-state index < -0.39 is 5.76 Å². The summed E-state index contributed by atoms with van der Waals surface area (Å²) in [5, 5.41) is 11.6. The van der Waals surface area contributed by atoms with Crippen molar-refractivity contribution in [3.8, 4) is 11.4 Å². The van der Waals surface area contributed by atoms with Gasteiger partial charge in [0.1, 0.15) is 0 Å². The lowest BCUT2D eigenvalue weighted by molar-refractivity contribution is -0.113. The molecule has 0 fully saturated rings. The lowest BCUT2D eigenvalue weighted by Gasteiger charge is -2.10. The molecule has 0 saturated carbocycles. The highest BCUT2D eigenvalue weighted by Gasteiger charge is 2.15. The quantitative estimate of drug-likeness (QED) is 0.418. The van der Waals surface area contributed by atoms with E-state index >= 15 is 0 Å². The molecule has 1 heterocycles. The van der Waals surface area contributed by atoms with Crippen LogP contribution in [0.25, 0.3) is 11.4 Å². The number of amides is 1. The molecule has 2 aromatic carbocycles. The van der Waals surface area contributed by atoms with Crippen LogP contribution in [0.15, 0.2) is 58.6 Å². The number of rotatable bonds is 7. The number of alkyl halides is 2. The Balaban J connectivity index is 1.64. The van der Waals surface area contributed by atoms with Gasteiger partial charge in [-0.3, -0.25) is 4.79 Å². The van der Waals surface area contributed by atoms with Crippen LogP contribution in [0.2, 0.25) is 5.02 Å². The summed E-state index contributed by atoms with van der Waals surface area (Å²) in [4.78, 5) is 12.5. The summed E-state index contributed by atoms with van der Waals surface area (Å²) in [5.74, 6) is 3.48. The molecule has 0 aliphatic carbocycles. The number of para-hydroxylation sites is 1. The highest BCUT2D eigenvalue weighted by atomic mass is 35.5. The van der Waals surface area contributed by atoms with Crippen LogP contribution in [0.3, 0.4) is 0 Å². The fourth-order valence-corrected chi connectivity index (χ4v) is 3.63. The lowest BCUT2D eigenvalue weighted by atomic mass is 10.2. The topological polar surface area (TPSA) is 85.8 Å². The maximum Gasteiger partial charge on any atom is 0.288 e. The third-order valence-electron chi connectivity index (χ3n) is 3.48. The molecule has 28 heavy (non-hydrogen) atoms. The Kier molecular flexibility index (Phi) is 6.76. The van der Waals surface area contributed by atoms with E-state index in [9.17, 15) is 13.6 Å². The molecule has 0 radical (unpaired) electrons. The molecule has 1 amide bonds. The van der Waals surface area contributed by atoms with Crippen LogP contribution in [-0.4, -0.2) is 32.3 Å². The number of halogens is 3. The molecule has 11 heteroatoms. The number of aromatic nitrogens is 3. The molecule has 3 rings (SSSR count). The Labute approximate surface area is 172 Å². The second-order valence-electron chi connectivity index (χ2n) is 5.39. The zero-order chi connectivity index (χ0) is 20.1. The number of nitrogens with zero attached hydrogens (tertiary/aromatic N) is 3. The number of carbonyl (C=O) groups is 1. The molecule has 0 bridgehead atoms. The zero-order valence-corrected chi connectivity index (χ0v) is 16.6. The highest BCUT2D eigenvalue weighted by molar-refractivity contribution is 8.00. The van der Waals surface area contributed by atoms with Gasteiger partial charge in [-0.15, -0.1) is 10.2 Å². The van der Waals surface area contributed by atoms with Crippen molar-refractivity contribution in [2.24, 2.45) is 0 Å². The second-order valence-corrected chi connectivity index (χ2v) is 7.81. The summed E-state index contributed by atoms with van der Waals surface area (Å²) in [7, 11) is 0. The molecule has 146 valence electrons. The van der Waals surface area contributed by atoms with Gasteiger partial charge in [-0.1, -0.05) is 47.3 Å². The van der Waals surface area contributed by atoms with Gasteiger partial charge in [0.05, 0.1) is 11.4 Å². The Hall–Kier alpha value is -2.30. The van der Waals surface area contributed by atoms with Crippen LogP contribution in [0.4, 0.5) is 14.5 Å². The van der Waals surface area contributed by atoms with Crippen molar-refractivity contribution in [1.29, 1.82) is 0 Å². The van der Waals surface area contributed by atoms with Gasteiger partial charge in [-0.2, -0.15) is 8.78 Å². The summed E-state index contributed by atoms with van der Waals surface area (Å²) < 4.78 is 26.5. The molecule has 0 aliphatic heterocycles. The maximum atomic E-state index is 12.6. The van der Waals surface area contributed by atoms with E-state index in [-0.39, 0.29) is 11.7 Å². The highest BCUT2D eigenvalue weighted by Crippen LogP contribution is 2.32. The van der Waals surface area contributed by atoms with E-state index in [0.717, 1.165) is 17.3 Å². The largest absolute Gasteiger partial charge is 0.335 e. The van der Waals surface area contributed by atoms with E-state index in [4.69, 9.17) is 17.4 Å². The molecule has 0 saturated heterocycles. The average molecular weight is 442 g/mol. The van der Waals surface area contributed by atoms with Crippen LogP contribution in [0.5, 0.6) is 0 Å². The van der Waals surface area contributed by atoms with Crippen molar-refractivity contribution in [1.82, 2.24) is 14.9 Å². The van der Waals surface area contributed by atoms with Crippen molar-refractivity contribution in [2.75, 3.05) is 16.9 Å². The van der Waals surface area contributed by atoms with Crippen LogP contribution in [0, 0.1) is 0 Å². The van der Waals surface area contributed by atoms with E-state index in [0.29, 0.717) is 38.3 Å². The normalized spacial score (nSPS) is 11.0. The number of hydrogen-bond acceptors (Lipinski definition) is 6. The number of carbonyl (C=O) groups excluding carboxylic acids is 1. The van der Waals surface area contributed by atoms with Crippen LogP contribution < -0.4 is 11.2 Å². The zero-order valence-electron chi connectivity index (χ0n) is 14.2. The maximum absolute atomic E-state index is 12.6. The number of benzene rings is 2. The SMILES string of the molecule is Nn1c(SCC(=O)Nc2ccccc2SC(F)F)nnc1-c1ccc(Cl)cc1. The predicted octanol–water partition coefficient (Wildman–Crippen LogP) is 4.36. The lowest BCUT2D eigenvalue weighted by Crippen LogP contribution is -2.17. The smallest absolute Gasteiger partial charge is 0.288 e. The van der Waals surface area contributed by atoms with E-state index in [1.807, 2.05) is 0 Å². The number of nitrogens with two attached hydrogens (primary N) is 1. The van der Waals surface area contributed by atoms with Gasteiger partial charge in [-0.05, 0) is 36.4 Å². The molecular weight excluding hydrogens is 428 g/mol. The summed E-state index contributed by atoms with van der Waals surface area (Å²) in [5.41, 5.74) is 1.06. The van der Waals surface area contributed by atoms with Gasteiger partial charge in [0.2, 0.25) is 11.1 Å². The summed E-state index contributed by atoms with van der Waals surface area (Å²) in [6.07, 6.45) is 0. The minimum absolute atomic E-state index is 0.0103. The number of thioether (sulfide) groups is 2. The molecule has 0 spiro atoms. The van der Waals surface area contributed by atoms with E-state index in [2.05, 4.69) is 15.5 Å². The molecule has 1 aromatic heterocycles. The third kappa shape index (κ3) is 5.15. The Bertz CT molecular complexity index is 968. The number of nitrogen functional groups attached to an aromatic ring is 1. The molecule has 3 N–H and O–H groups in total. The summed E-state index contributed by atoms with van der Waals surface area (Å²) in [6, 6.07) is 13.3. The predicted molar refractivity (Wildman–Crippen MR) is 108 cm³/mol. The van der Waals surface area contributed by atoms with Crippen molar-refractivity contribution in [2.45, 2.75) is 15.8 Å². The number of hydrogen-bond donors (Lipinski definition) is 2. The molecule has 0 atom stereocenters. The molecule has 0 unspecified atom stereocenters. The first kappa shape index (κ1) is 20.4. The van der Waals surface area contributed by atoms with Crippen LogP contribution >= 0.6 is 35.1 Å². The summed E-state index contributed by atoms with van der Waals surface area (Å²) >= 11 is 7.33. The van der Waals surface area contributed by atoms with Crippen LogP contribution in [0.1, 0.15) is 0 Å². The Morgan fingerprint density at radius 1 is 1.18 bits per heavy atom. The Morgan fingerprint density at radius 2 is 1.89 bits per heavy atom. The molecule has 6 nitrogen and oxygen atoms in total. The monoisotopic (exact) mass is 441 g/mol. The van der Waals surface area contributed by atoms with E-state index in [1.54, 1.807) is 42.5 Å². The van der Waals surface area contributed by atoms with E-state index in [1.165, 1.54) is 10.7 Å². The number of anilines is 1. The van der Waals surface area contributed by atoms with Gasteiger partial charge >= 0.3 is 0 Å². The van der Waals surface area contributed by atoms with Gasteiger partial charge in [0, 0.05) is 15.5 Å².